The third-order valence-corrected chi connectivity index (χ3v) is 7.74. The average Bonchev–Trinajstić information content (AvgIpc) is 2.83. The van der Waals surface area contributed by atoms with E-state index < -0.39 is 23.5 Å². The van der Waals surface area contributed by atoms with Crippen molar-refractivity contribution < 1.29 is 36.6 Å². The van der Waals surface area contributed by atoms with Gasteiger partial charge in [-0.3, -0.25) is 4.79 Å². The van der Waals surface area contributed by atoms with Crippen molar-refractivity contribution in [2.75, 3.05) is 19.6 Å². The zero-order valence-electron chi connectivity index (χ0n) is 20.7. The molecule has 7 nitrogen and oxygen atoms in total. The number of hydrogen-bond acceptors (Lipinski definition) is 4. The van der Waals surface area contributed by atoms with Gasteiger partial charge in [0, 0.05) is 42.7 Å². The van der Waals surface area contributed by atoms with Gasteiger partial charge in [-0.1, -0.05) is 24.3 Å². The van der Waals surface area contributed by atoms with Crippen LogP contribution < -0.4 is 20.1 Å². The predicted molar refractivity (Wildman–Crippen MR) is 129 cm³/mol. The Morgan fingerprint density at radius 1 is 1.08 bits per heavy atom. The van der Waals surface area contributed by atoms with Crippen LogP contribution in [0.25, 0.3) is 0 Å². The Morgan fingerprint density at radius 3 is 2.50 bits per heavy atom. The second-order valence-corrected chi connectivity index (χ2v) is 10.1. The fraction of sp³-hybridized carbons (Fsp3) is 0.481. The minimum Gasteiger partial charge on any atom is -0.490 e. The maximum absolute atomic E-state index is 14.1. The van der Waals surface area contributed by atoms with E-state index in [9.17, 15) is 27.2 Å². The van der Waals surface area contributed by atoms with Crippen molar-refractivity contribution in [3.63, 3.8) is 0 Å². The van der Waals surface area contributed by atoms with Crippen molar-refractivity contribution >= 4 is 11.9 Å². The number of rotatable bonds is 6. The van der Waals surface area contributed by atoms with Gasteiger partial charge in [0.25, 0.3) is 0 Å². The van der Waals surface area contributed by atoms with E-state index in [-0.39, 0.29) is 35.9 Å². The molecule has 2 saturated heterocycles. The van der Waals surface area contributed by atoms with E-state index >= 15 is 0 Å². The third-order valence-electron chi connectivity index (χ3n) is 7.74. The van der Waals surface area contributed by atoms with E-state index in [1.807, 2.05) is 0 Å². The van der Waals surface area contributed by atoms with E-state index in [1.165, 1.54) is 30.3 Å². The molecule has 11 heteroatoms. The van der Waals surface area contributed by atoms with Crippen LogP contribution in [0.3, 0.4) is 0 Å². The Morgan fingerprint density at radius 2 is 1.82 bits per heavy atom. The number of ether oxygens (including phenoxy) is 2. The molecule has 0 bridgehead atoms. The molecule has 0 aromatic heterocycles. The molecule has 1 saturated carbocycles. The van der Waals surface area contributed by atoms with Crippen LogP contribution in [0.4, 0.5) is 22.4 Å². The molecule has 1 atom stereocenters. The van der Waals surface area contributed by atoms with Crippen LogP contribution in [0.15, 0.2) is 42.5 Å². The van der Waals surface area contributed by atoms with Crippen LogP contribution in [0.1, 0.15) is 49.1 Å². The van der Waals surface area contributed by atoms with Gasteiger partial charge in [-0.15, -0.1) is 13.2 Å². The third kappa shape index (κ3) is 5.66. The number of nitrogens with one attached hydrogen (secondary N) is 2. The molecule has 0 radical (unpaired) electrons. The lowest BCUT2D eigenvalue weighted by Crippen LogP contribution is -2.66. The van der Waals surface area contributed by atoms with Gasteiger partial charge < -0.3 is 25.0 Å². The largest absolute Gasteiger partial charge is 0.573 e. The van der Waals surface area contributed by atoms with Crippen molar-refractivity contribution in [2.45, 2.75) is 62.4 Å². The number of carbonyl (C=O) groups is 2. The Hall–Kier alpha value is -3.50. The minimum absolute atomic E-state index is 0.0429. The number of piperidine rings is 1. The summed E-state index contributed by atoms with van der Waals surface area (Å²) in [5.74, 6) is -0.889. The second-order valence-electron chi connectivity index (χ2n) is 10.1. The smallest absolute Gasteiger partial charge is 0.490 e. The lowest BCUT2D eigenvalue weighted by atomic mass is 9.71. The summed E-state index contributed by atoms with van der Waals surface area (Å²) in [6.45, 7) is 0.935. The molecule has 3 fully saturated rings. The number of nitrogens with zero attached hydrogens (tertiary/aromatic N) is 1. The molecule has 2 aromatic carbocycles. The van der Waals surface area contributed by atoms with Crippen molar-refractivity contribution in [1.82, 2.24) is 15.5 Å². The number of hydrogen-bond donors (Lipinski definition) is 2. The Balaban J connectivity index is 1.31. The normalized spacial score (nSPS) is 21.3. The number of halogens is 4. The molecule has 0 unspecified atom stereocenters. The molecular weight excluding hydrogens is 506 g/mol. The standard InChI is InChI=1S/C27H29F4N3O4/c28-18-8-9-20(23(15-18)37-19-5-3-6-19)21-16-32-25(36)33-26(21)10-12-34(13-11-26)24(35)14-17-4-1-2-7-22(17)38-27(29,30)31/h1-2,4,7-9,15,19,21H,3,5-6,10-14,16H2,(H2,32,33,36)/t21-/m1/s1. The molecule has 2 heterocycles. The summed E-state index contributed by atoms with van der Waals surface area (Å²) in [5, 5.41) is 5.90. The van der Waals surface area contributed by atoms with Gasteiger partial charge in [-0.25, -0.2) is 9.18 Å². The summed E-state index contributed by atoms with van der Waals surface area (Å²) in [7, 11) is 0. The first-order valence-corrected chi connectivity index (χ1v) is 12.8. The molecule has 1 spiro atoms. The van der Waals surface area contributed by atoms with E-state index in [0.29, 0.717) is 38.2 Å². The van der Waals surface area contributed by atoms with E-state index in [1.54, 1.807) is 17.0 Å². The van der Waals surface area contributed by atoms with Crippen LogP contribution >= 0.6 is 0 Å². The molecular formula is C27H29F4N3O4. The maximum atomic E-state index is 14.1. The van der Waals surface area contributed by atoms with Gasteiger partial charge in [-0.05, 0) is 44.2 Å². The summed E-state index contributed by atoms with van der Waals surface area (Å²) >= 11 is 0. The number of benzene rings is 2. The molecule has 5 rings (SSSR count). The number of likely N-dealkylation sites (tertiary alicyclic amines) is 1. The van der Waals surface area contributed by atoms with Crippen LogP contribution in [0.5, 0.6) is 11.5 Å². The zero-order valence-corrected chi connectivity index (χ0v) is 20.7. The minimum atomic E-state index is -4.86. The molecule has 204 valence electrons. The average molecular weight is 536 g/mol. The number of amides is 3. The van der Waals surface area contributed by atoms with Crippen LogP contribution in [-0.4, -0.2) is 54.5 Å². The molecule has 3 aliphatic rings. The van der Waals surface area contributed by atoms with E-state index in [4.69, 9.17) is 4.74 Å². The molecule has 2 aromatic rings. The number of carbonyl (C=O) groups excluding carboxylic acids is 2. The van der Waals surface area contributed by atoms with Crippen LogP contribution in [-0.2, 0) is 11.2 Å². The monoisotopic (exact) mass is 535 g/mol. The molecule has 38 heavy (non-hydrogen) atoms. The summed E-state index contributed by atoms with van der Waals surface area (Å²) in [6, 6.07) is 9.74. The van der Waals surface area contributed by atoms with Crippen LogP contribution in [0, 0.1) is 5.82 Å². The summed E-state index contributed by atoms with van der Waals surface area (Å²) in [5.41, 5.74) is 0.252. The first-order chi connectivity index (χ1) is 18.1. The first-order valence-electron chi connectivity index (χ1n) is 12.8. The van der Waals surface area contributed by atoms with Crippen molar-refractivity contribution in [1.29, 1.82) is 0 Å². The summed E-state index contributed by atoms with van der Waals surface area (Å²) in [4.78, 5) is 27.0. The van der Waals surface area contributed by atoms with Gasteiger partial charge >= 0.3 is 12.4 Å². The molecule has 3 amide bonds. The maximum Gasteiger partial charge on any atom is 0.573 e. The van der Waals surface area contributed by atoms with Crippen molar-refractivity contribution in [3.8, 4) is 11.5 Å². The van der Waals surface area contributed by atoms with Gasteiger partial charge in [0.2, 0.25) is 5.91 Å². The lowest BCUT2D eigenvalue weighted by molar-refractivity contribution is -0.274. The fourth-order valence-corrected chi connectivity index (χ4v) is 5.50. The van der Waals surface area contributed by atoms with Crippen molar-refractivity contribution in [3.05, 3.63) is 59.4 Å². The summed E-state index contributed by atoms with van der Waals surface area (Å²) < 4.78 is 62.7. The second kappa shape index (κ2) is 10.3. The Labute approximate surface area is 217 Å². The fourth-order valence-electron chi connectivity index (χ4n) is 5.50. The molecule has 2 N–H and O–H groups in total. The molecule has 1 aliphatic carbocycles. The number of alkyl halides is 3. The van der Waals surface area contributed by atoms with E-state index in [0.717, 1.165) is 24.8 Å². The lowest BCUT2D eigenvalue weighted by Gasteiger charge is -2.50. The van der Waals surface area contributed by atoms with Gasteiger partial charge in [0.1, 0.15) is 17.3 Å². The number of urea groups is 1. The van der Waals surface area contributed by atoms with E-state index in [2.05, 4.69) is 15.4 Å². The zero-order chi connectivity index (χ0) is 26.9. The van der Waals surface area contributed by atoms with Gasteiger partial charge in [0.15, 0.2) is 0 Å². The van der Waals surface area contributed by atoms with Crippen molar-refractivity contribution in [2.24, 2.45) is 0 Å². The highest BCUT2D eigenvalue weighted by atomic mass is 19.4. The highest BCUT2D eigenvalue weighted by molar-refractivity contribution is 5.80. The topological polar surface area (TPSA) is 79.9 Å². The quantitative estimate of drug-likeness (QED) is 0.528. The first kappa shape index (κ1) is 26.1. The highest BCUT2D eigenvalue weighted by Gasteiger charge is 2.47. The van der Waals surface area contributed by atoms with Gasteiger partial charge in [-0.2, -0.15) is 0 Å². The predicted octanol–water partition coefficient (Wildman–Crippen LogP) is 4.66. The Bertz CT molecular complexity index is 1190. The van der Waals surface area contributed by atoms with Crippen LogP contribution in [0.2, 0.25) is 0 Å². The highest BCUT2D eigenvalue weighted by Crippen LogP contribution is 2.43. The SMILES string of the molecule is O=C1NC[C@H](c2ccc(F)cc2OC2CCC2)C2(CCN(C(=O)Cc3ccccc3OC(F)(F)F)CC2)N1. The Kier molecular flexibility index (Phi) is 7.11. The molecule has 2 aliphatic heterocycles. The van der Waals surface area contributed by atoms with Gasteiger partial charge in [0.05, 0.1) is 18.1 Å². The summed E-state index contributed by atoms with van der Waals surface area (Å²) in [6.07, 6.45) is -1.31. The number of para-hydroxylation sites is 1.